The molecule has 134 valence electrons. The lowest BCUT2D eigenvalue weighted by Gasteiger charge is -2.32. The molecule has 3 heterocycles. The first-order chi connectivity index (χ1) is 11.6. The Morgan fingerprint density at radius 1 is 1.25 bits per heavy atom. The van der Waals surface area contributed by atoms with Crippen molar-refractivity contribution in [1.82, 2.24) is 19.9 Å². The maximum absolute atomic E-state index is 12.2. The number of aromatic nitrogens is 2. The number of morpholine rings is 1. The Kier molecular flexibility index (Phi) is 5.84. The van der Waals surface area contributed by atoms with E-state index in [-0.39, 0.29) is 17.7 Å². The van der Waals surface area contributed by atoms with E-state index in [2.05, 4.69) is 28.9 Å². The van der Waals surface area contributed by atoms with Crippen molar-refractivity contribution in [1.29, 1.82) is 0 Å². The van der Waals surface area contributed by atoms with Gasteiger partial charge in [-0.05, 0) is 12.8 Å². The molecule has 2 aliphatic heterocycles. The van der Waals surface area contributed by atoms with Crippen LogP contribution in [0.5, 0.6) is 0 Å². The minimum absolute atomic E-state index is 0.172. The number of carbonyl (C=O) groups is 1. The summed E-state index contributed by atoms with van der Waals surface area (Å²) < 4.78 is 10.8. The van der Waals surface area contributed by atoms with Crippen LogP contribution in [0.15, 0.2) is 4.52 Å². The highest BCUT2D eigenvalue weighted by Gasteiger charge is 2.30. The van der Waals surface area contributed by atoms with Crippen molar-refractivity contribution in [2.75, 3.05) is 45.9 Å². The zero-order valence-electron chi connectivity index (χ0n) is 14.7. The first-order valence-corrected chi connectivity index (χ1v) is 9.05. The number of hydrogen-bond acceptors (Lipinski definition) is 6. The number of amides is 1. The molecule has 0 radical (unpaired) electrons. The van der Waals surface area contributed by atoms with Gasteiger partial charge in [-0.25, -0.2) is 0 Å². The largest absolute Gasteiger partial charge is 0.379 e. The van der Waals surface area contributed by atoms with Crippen LogP contribution in [-0.2, 0) is 9.53 Å². The van der Waals surface area contributed by atoms with E-state index in [4.69, 9.17) is 9.26 Å². The Hall–Kier alpha value is -1.47. The third-order valence-corrected chi connectivity index (χ3v) is 4.83. The SMILES string of the molecule is CC(C)c1noc([C@@H]2CCC(=O)N(CCCN3CCOCC3)C2)n1. The van der Waals surface area contributed by atoms with Crippen LogP contribution in [0.25, 0.3) is 0 Å². The van der Waals surface area contributed by atoms with Gasteiger partial charge in [-0.3, -0.25) is 9.69 Å². The maximum atomic E-state index is 12.2. The van der Waals surface area contributed by atoms with Gasteiger partial charge in [-0.15, -0.1) is 0 Å². The predicted octanol–water partition coefficient (Wildman–Crippen LogP) is 1.62. The van der Waals surface area contributed by atoms with Crippen LogP contribution in [0.1, 0.15) is 56.7 Å². The summed E-state index contributed by atoms with van der Waals surface area (Å²) in [5, 5.41) is 4.05. The molecule has 24 heavy (non-hydrogen) atoms. The third-order valence-electron chi connectivity index (χ3n) is 4.83. The molecule has 0 bridgehead atoms. The Balaban J connectivity index is 1.50. The lowest BCUT2D eigenvalue weighted by atomic mass is 9.97. The Morgan fingerprint density at radius 2 is 2.04 bits per heavy atom. The van der Waals surface area contributed by atoms with Crippen molar-refractivity contribution < 1.29 is 14.1 Å². The van der Waals surface area contributed by atoms with Crippen molar-refractivity contribution in [3.63, 3.8) is 0 Å². The molecule has 7 heteroatoms. The van der Waals surface area contributed by atoms with Crippen molar-refractivity contribution in [2.24, 2.45) is 0 Å². The van der Waals surface area contributed by atoms with Gasteiger partial charge in [0.1, 0.15) is 0 Å². The lowest BCUT2D eigenvalue weighted by molar-refractivity contribution is -0.134. The highest BCUT2D eigenvalue weighted by Crippen LogP contribution is 2.27. The standard InChI is InChI=1S/C17H28N4O3/c1-13(2)16-18-17(24-19-16)14-4-5-15(22)21(12-14)7-3-6-20-8-10-23-11-9-20/h13-14H,3-12H2,1-2H3/t14-/m1/s1. The minimum Gasteiger partial charge on any atom is -0.379 e. The highest BCUT2D eigenvalue weighted by molar-refractivity contribution is 5.77. The molecule has 0 spiro atoms. The van der Waals surface area contributed by atoms with Crippen molar-refractivity contribution in [3.8, 4) is 0 Å². The molecule has 2 saturated heterocycles. The Morgan fingerprint density at radius 3 is 2.75 bits per heavy atom. The number of piperidine rings is 1. The summed E-state index contributed by atoms with van der Waals surface area (Å²) in [6.45, 7) is 10.3. The average Bonchev–Trinajstić information content (AvgIpc) is 3.08. The zero-order chi connectivity index (χ0) is 16.9. The molecule has 0 N–H and O–H groups in total. The summed E-state index contributed by atoms with van der Waals surface area (Å²) in [5.74, 6) is 2.12. The fraction of sp³-hybridized carbons (Fsp3) is 0.824. The van der Waals surface area contributed by atoms with E-state index in [9.17, 15) is 4.79 Å². The van der Waals surface area contributed by atoms with Crippen LogP contribution in [0, 0.1) is 0 Å². The van der Waals surface area contributed by atoms with Gasteiger partial charge in [0.25, 0.3) is 0 Å². The fourth-order valence-corrected chi connectivity index (χ4v) is 3.29. The Bertz CT molecular complexity index is 540. The lowest BCUT2D eigenvalue weighted by Crippen LogP contribution is -2.42. The number of likely N-dealkylation sites (tertiary alicyclic amines) is 1. The minimum atomic E-state index is 0.172. The predicted molar refractivity (Wildman–Crippen MR) is 88.8 cm³/mol. The summed E-state index contributed by atoms with van der Waals surface area (Å²) in [7, 11) is 0. The molecule has 0 aliphatic carbocycles. The maximum Gasteiger partial charge on any atom is 0.231 e. The van der Waals surface area contributed by atoms with E-state index in [0.717, 1.165) is 58.1 Å². The second kappa shape index (κ2) is 8.07. The first-order valence-electron chi connectivity index (χ1n) is 9.05. The van der Waals surface area contributed by atoms with E-state index in [1.54, 1.807) is 0 Å². The molecule has 1 aromatic heterocycles. The molecule has 0 aromatic carbocycles. The molecule has 2 fully saturated rings. The van der Waals surface area contributed by atoms with Gasteiger partial charge in [0.05, 0.1) is 19.1 Å². The van der Waals surface area contributed by atoms with Crippen molar-refractivity contribution in [3.05, 3.63) is 11.7 Å². The first kappa shape index (κ1) is 17.4. The smallest absolute Gasteiger partial charge is 0.231 e. The van der Waals surface area contributed by atoms with Crippen molar-refractivity contribution >= 4 is 5.91 Å². The van der Waals surface area contributed by atoms with Gasteiger partial charge in [-0.2, -0.15) is 4.98 Å². The third kappa shape index (κ3) is 4.33. The topological polar surface area (TPSA) is 71.7 Å². The molecule has 2 aliphatic rings. The number of ether oxygens (including phenoxy) is 1. The monoisotopic (exact) mass is 336 g/mol. The van der Waals surface area contributed by atoms with E-state index in [1.165, 1.54) is 0 Å². The summed E-state index contributed by atoms with van der Waals surface area (Å²) in [6.07, 6.45) is 2.37. The fourth-order valence-electron chi connectivity index (χ4n) is 3.29. The zero-order valence-corrected chi connectivity index (χ0v) is 14.7. The molecule has 7 nitrogen and oxygen atoms in total. The van der Waals surface area contributed by atoms with Crippen LogP contribution in [0.2, 0.25) is 0 Å². The number of hydrogen-bond donors (Lipinski definition) is 0. The van der Waals surface area contributed by atoms with Crippen LogP contribution < -0.4 is 0 Å². The summed E-state index contributed by atoms with van der Waals surface area (Å²) in [4.78, 5) is 21.1. The average molecular weight is 336 g/mol. The molecule has 1 aromatic rings. The second-order valence-corrected chi connectivity index (χ2v) is 7.03. The summed E-state index contributed by atoms with van der Waals surface area (Å²) in [5.41, 5.74) is 0. The number of rotatable bonds is 6. The normalized spacial score (nSPS) is 23.2. The van der Waals surface area contributed by atoms with Gasteiger partial charge in [0.2, 0.25) is 11.8 Å². The van der Waals surface area contributed by atoms with E-state index in [0.29, 0.717) is 18.9 Å². The van der Waals surface area contributed by atoms with Crippen LogP contribution in [0.4, 0.5) is 0 Å². The van der Waals surface area contributed by atoms with E-state index >= 15 is 0 Å². The van der Waals surface area contributed by atoms with E-state index in [1.807, 2.05) is 4.90 Å². The van der Waals surface area contributed by atoms with Crippen LogP contribution in [0.3, 0.4) is 0 Å². The van der Waals surface area contributed by atoms with Gasteiger partial charge in [0, 0.05) is 45.1 Å². The van der Waals surface area contributed by atoms with E-state index < -0.39 is 0 Å². The molecule has 0 unspecified atom stereocenters. The van der Waals surface area contributed by atoms with Crippen LogP contribution in [-0.4, -0.2) is 71.8 Å². The van der Waals surface area contributed by atoms with Crippen LogP contribution >= 0.6 is 0 Å². The summed E-state index contributed by atoms with van der Waals surface area (Å²) in [6, 6.07) is 0. The van der Waals surface area contributed by atoms with Gasteiger partial charge >= 0.3 is 0 Å². The Labute approximate surface area is 143 Å². The van der Waals surface area contributed by atoms with Gasteiger partial charge in [-0.1, -0.05) is 19.0 Å². The molecular weight excluding hydrogens is 308 g/mol. The molecule has 1 amide bonds. The quantitative estimate of drug-likeness (QED) is 0.786. The molecule has 1 atom stereocenters. The van der Waals surface area contributed by atoms with Gasteiger partial charge < -0.3 is 14.2 Å². The molecular formula is C17H28N4O3. The molecule has 3 rings (SSSR count). The summed E-state index contributed by atoms with van der Waals surface area (Å²) >= 11 is 0. The second-order valence-electron chi connectivity index (χ2n) is 7.03. The number of carbonyl (C=O) groups excluding carboxylic acids is 1. The van der Waals surface area contributed by atoms with Gasteiger partial charge in [0.15, 0.2) is 5.82 Å². The highest BCUT2D eigenvalue weighted by atomic mass is 16.5. The van der Waals surface area contributed by atoms with Crippen molar-refractivity contribution in [2.45, 2.75) is 44.9 Å². The number of nitrogens with zero attached hydrogens (tertiary/aromatic N) is 4. The molecule has 0 saturated carbocycles.